The summed E-state index contributed by atoms with van der Waals surface area (Å²) in [6.45, 7) is 3.63. The summed E-state index contributed by atoms with van der Waals surface area (Å²) in [6.07, 6.45) is 2.41. The van der Waals surface area contributed by atoms with Gasteiger partial charge in [-0.3, -0.25) is 10.1 Å². The number of amides is 1. The number of carbonyl (C=O) groups excluding carboxylic acids is 1. The molecule has 1 aromatic rings. The van der Waals surface area contributed by atoms with E-state index in [-0.39, 0.29) is 12.3 Å². The largest absolute Gasteiger partial charge is 0.361 e. The van der Waals surface area contributed by atoms with Crippen molar-refractivity contribution in [1.29, 1.82) is 5.26 Å². The van der Waals surface area contributed by atoms with Crippen molar-refractivity contribution >= 4 is 5.91 Å². The summed E-state index contributed by atoms with van der Waals surface area (Å²) in [4.78, 5) is 11.0. The summed E-state index contributed by atoms with van der Waals surface area (Å²) in [7, 11) is 0. The van der Waals surface area contributed by atoms with Crippen molar-refractivity contribution < 1.29 is 9.32 Å². The summed E-state index contributed by atoms with van der Waals surface area (Å²) in [6, 6.07) is 0. The molecule has 14 heavy (non-hydrogen) atoms. The molecule has 1 amide bonds. The maximum absolute atomic E-state index is 11.0. The van der Waals surface area contributed by atoms with Crippen LogP contribution in [-0.4, -0.2) is 11.1 Å². The van der Waals surface area contributed by atoms with Gasteiger partial charge in [0.15, 0.2) is 6.19 Å². The molecule has 1 aromatic heterocycles. The van der Waals surface area contributed by atoms with E-state index in [0.29, 0.717) is 6.42 Å². The molecule has 1 N–H and O–H groups in total. The van der Waals surface area contributed by atoms with Crippen LogP contribution in [0.2, 0.25) is 0 Å². The fraction of sp³-hybridized carbons (Fsp3) is 0.444. The SMILES string of the molecule is Cc1noc(C)c1CCC(=O)NC#N. The van der Waals surface area contributed by atoms with Crippen LogP contribution < -0.4 is 5.32 Å². The first kappa shape index (κ1) is 10.3. The highest BCUT2D eigenvalue weighted by atomic mass is 16.5. The van der Waals surface area contributed by atoms with Gasteiger partial charge in [-0.1, -0.05) is 5.16 Å². The molecule has 1 heterocycles. The van der Waals surface area contributed by atoms with E-state index in [9.17, 15) is 4.79 Å². The van der Waals surface area contributed by atoms with Gasteiger partial charge in [0.25, 0.3) is 0 Å². The second-order valence-electron chi connectivity index (χ2n) is 2.96. The molecule has 0 saturated carbocycles. The van der Waals surface area contributed by atoms with E-state index in [2.05, 4.69) is 10.5 Å². The van der Waals surface area contributed by atoms with Gasteiger partial charge in [-0.2, -0.15) is 5.26 Å². The molecule has 0 saturated heterocycles. The topological polar surface area (TPSA) is 78.9 Å². The molecule has 0 aliphatic rings. The van der Waals surface area contributed by atoms with Gasteiger partial charge in [0.05, 0.1) is 5.69 Å². The number of carbonyl (C=O) groups is 1. The molecule has 0 aliphatic heterocycles. The van der Waals surface area contributed by atoms with E-state index in [1.165, 1.54) is 0 Å². The van der Waals surface area contributed by atoms with Gasteiger partial charge in [-0.25, -0.2) is 0 Å². The fourth-order valence-electron chi connectivity index (χ4n) is 1.22. The predicted molar refractivity (Wildman–Crippen MR) is 48.1 cm³/mol. The first-order valence-corrected chi connectivity index (χ1v) is 4.25. The summed E-state index contributed by atoms with van der Waals surface area (Å²) in [5.74, 6) is 0.444. The van der Waals surface area contributed by atoms with Crippen LogP contribution in [0.25, 0.3) is 0 Å². The fourth-order valence-corrected chi connectivity index (χ4v) is 1.22. The number of rotatable bonds is 3. The molecule has 0 aliphatic carbocycles. The van der Waals surface area contributed by atoms with Gasteiger partial charge in [0.1, 0.15) is 5.76 Å². The lowest BCUT2D eigenvalue weighted by molar-refractivity contribution is -0.119. The van der Waals surface area contributed by atoms with Crippen molar-refractivity contribution in [1.82, 2.24) is 10.5 Å². The van der Waals surface area contributed by atoms with Crippen molar-refractivity contribution in [2.24, 2.45) is 0 Å². The van der Waals surface area contributed by atoms with Gasteiger partial charge in [-0.05, 0) is 20.3 Å². The van der Waals surface area contributed by atoms with Crippen LogP contribution in [-0.2, 0) is 11.2 Å². The zero-order chi connectivity index (χ0) is 10.6. The quantitative estimate of drug-likeness (QED) is 0.569. The highest BCUT2D eigenvalue weighted by Gasteiger charge is 2.10. The van der Waals surface area contributed by atoms with E-state index in [0.717, 1.165) is 17.0 Å². The number of nitrogens with zero attached hydrogens (tertiary/aromatic N) is 2. The number of aryl methyl sites for hydroxylation is 2. The summed E-state index contributed by atoms with van der Waals surface area (Å²) < 4.78 is 4.94. The van der Waals surface area contributed by atoms with E-state index >= 15 is 0 Å². The third-order valence-corrected chi connectivity index (χ3v) is 1.98. The zero-order valence-electron chi connectivity index (χ0n) is 8.13. The van der Waals surface area contributed by atoms with Crippen LogP contribution in [0.3, 0.4) is 0 Å². The van der Waals surface area contributed by atoms with Crippen molar-refractivity contribution in [3.8, 4) is 6.19 Å². The predicted octanol–water partition coefficient (Wildman–Crippen LogP) is 0.821. The molecule has 0 aromatic carbocycles. The molecular formula is C9H11N3O2. The maximum Gasteiger partial charge on any atom is 0.233 e. The van der Waals surface area contributed by atoms with Crippen LogP contribution in [0.4, 0.5) is 0 Å². The normalized spacial score (nSPS) is 9.50. The number of hydrogen-bond donors (Lipinski definition) is 1. The Hall–Kier alpha value is -1.83. The molecule has 0 spiro atoms. The first-order valence-electron chi connectivity index (χ1n) is 4.25. The standard InChI is InChI=1S/C9H11N3O2/c1-6-8(7(2)14-12-6)3-4-9(13)11-5-10/h3-4H2,1-2H3,(H,11,13). The number of nitrogens with one attached hydrogen (secondary N) is 1. The third kappa shape index (κ3) is 2.33. The molecule has 1 rings (SSSR count). The van der Waals surface area contributed by atoms with Gasteiger partial charge in [0, 0.05) is 12.0 Å². The van der Waals surface area contributed by atoms with Crippen LogP contribution in [0.1, 0.15) is 23.4 Å². The molecule has 0 unspecified atom stereocenters. The molecule has 0 bridgehead atoms. The zero-order valence-corrected chi connectivity index (χ0v) is 8.13. The van der Waals surface area contributed by atoms with Gasteiger partial charge >= 0.3 is 0 Å². The lowest BCUT2D eigenvalue weighted by Gasteiger charge is -1.97. The number of nitriles is 1. The monoisotopic (exact) mass is 193 g/mol. The lowest BCUT2D eigenvalue weighted by Crippen LogP contribution is -2.17. The third-order valence-electron chi connectivity index (χ3n) is 1.98. The van der Waals surface area contributed by atoms with Crippen LogP contribution in [0.15, 0.2) is 4.52 Å². The van der Waals surface area contributed by atoms with Crippen LogP contribution >= 0.6 is 0 Å². The summed E-state index contributed by atoms with van der Waals surface area (Å²) in [5.41, 5.74) is 1.74. The Morgan fingerprint density at radius 3 is 2.86 bits per heavy atom. The summed E-state index contributed by atoms with van der Waals surface area (Å²) in [5, 5.41) is 14.0. The minimum absolute atomic E-state index is 0.274. The lowest BCUT2D eigenvalue weighted by atomic mass is 10.1. The van der Waals surface area contributed by atoms with Crippen molar-refractivity contribution in [2.45, 2.75) is 26.7 Å². The average molecular weight is 193 g/mol. The van der Waals surface area contributed by atoms with E-state index < -0.39 is 0 Å². The molecule has 5 heteroatoms. The molecule has 74 valence electrons. The second-order valence-corrected chi connectivity index (χ2v) is 2.96. The molecule has 0 fully saturated rings. The smallest absolute Gasteiger partial charge is 0.233 e. The highest BCUT2D eigenvalue weighted by Crippen LogP contribution is 2.13. The maximum atomic E-state index is 11.0. The van der Waals surface area contributed by atoms with Gasteiger partial charge in [0.2, 0.25) is 5.91 Å². The Morgan fingerprint density at radius 1 is 1.64 bits per heavy atom. The molecular weight excluding hydrogens is 182 g/mol. The Morgan fingerprint density at radius 2 is 2.36 bits per heavy atom. The Balaban J connectivity index is 2.54. The minimum Gasteiger partial charge on any atom is -0.361 e. The van der Waals surface area contributed by atoms with Crippen molar-refractivity contribution in [3.63, 3.8) is 0 Å². The Bertz CT molecular complexity index is 356. The van der Waals surface area contributed by atoms with Gasteiger partial charge < -0.3 is 4.52 Å². The Labute approximate surface area is 81.7 Å². The van der Waals surface area contributed by atoms with Crippen molar-refractivity contribution in [2.75, 3.05) is 0 Å². The van der Waals surface area contributed by atoms with Crippen LogP contribution in [0, 0.1) is 25.3 Å². The first-order chi connectivity index (χ1) is 6.65. The second kappa shape index (κ2) is 4.42. The molecule has 0 atom stereocenters. The van der Waals surface area contributed by atoms with Crippen molar-refractivity contribution in [3.05, 3.63) is 17.0 Å². The van der Waals surface area contributed by atoms with Crippen LogP contribution in [0.5, 0.6) is 0 Å². The molecule has 0 radical (unpaired) electrons. The number of hydrogen-bond acceptors (Lipinski definition) is 4. The minimum atomic E-state index is -0.285. The van der Waals surface area contributed by atoms with E-state index in [4.69, 9.17) is 9.78 Å². The highest BCUT2D eigenvalue weighted by molar-refractivity contribution is 5.77. The summed E-state index contributed by atoms with van der Waals surface area (Å²) >= 11 is 0. The van der Waals surface area contributed by atoms with E-state index in [1.54, 1.807) is 13.1 Å². The molecule has 5 nitrogen and oxygen atoms in total. The number of aromatic nitrogens is 1. The average Bonchev–Trinajstić information content (AvgIpc) is 2.44. The van der Waals surface area contributed by atoms with E-state index in [1.807, 2.05) is 6.92 Å². The Kier molecular flexibility index (Phi) is 3.24. The van der Waals surface area contributed by atoms with Gasteiger partial charge in [-0.15, -0.1) is 0 Å².